The van der Waals surface area contributed by atoms with Crippen molar-refractivity contribution in [2.45, 2.75) is 45.1 Å². The number of ether oxygens (including phenoxy) is 1. The second-order valence-corrected chi connectivity index (χ2v) is 5.64. The predicted octanol–water partition coefficient (Wildman–Crippen LogP) is 1.44. The van der Waals surface area contributed by atoms with Crippen molar-refractivity contribution in [3.05, 3.63) is 0 Å². The number of nitrogens with one attached hydrogen (secondary N) is 2. The molecule has 0 unspecified atom stereocenters. The highest BCUT2D eigenvalue weighted by molar-refractivity contribution is 8.00. The topological polar surface area (TPSA) is 84.5 Å². The van der Waals surface area contributed by atoms with Crippen molar-refractivity contribution in [2.24, 2.45) is 0 Å². The summed E-state index contributed by atoms with van der Waals surface area (Å²) in [5, 5.41) is 5.07. The first-order valence-corrected chi connectivity index (χ1v) is 8.11. The van der Waals surface area contributed by atoms with Gasteiger partial charge in [-0.05, 0) is 19.8 Å². The molecule has 20 heavy (non-hydrogen) atoms. The first-order valence-electron chi connectivity index (χ1n) is 6.95. The summed E-state index contributed by atoms with van der Waals surface area (Å²) in [5.74, 6) is -0.563. The van der Waals surface area contributed by atoms with Crippen LogP contribution in [0.5, 0.6) is 0 Å². The molecule has 0 heterocycles. The molecule has 0 aromatic rings. The monoisotopic (exact) mass is 302 g/mol. The minimum Gasteiger partial charge on any atom is -0.465 e. The SMILES string of the molecule is CCOC(=O)CSCC(=O)NC(=O)NC1CCCCC1. The van der Waals surface area contributed by atoms with Crippen LogP contribution < -0.4 is 10.6 Å². The van der Waals surface area contributed by atoms with E-state index < -0.39 is 11.9 Å². The Labute approximate surface area is 123 Å². The number of rotatable bonds is 6. The number of carbonyl (C=O) groups is 3. The third kappa shape index (κ3) is 7.37. The number of imide groups is 1. The predicted molar refractivity (Wildman–Crippen MR) is 77.5 cm³/mol. The average molecular weight is 302 g/mol. The van der Waals surface area contributed by atoms with E-state index in [4.69, 9.17) is 4.74 Å². The average Bonchev–Trinajstić information content (AvgIpc) is 2.39. The van der Waals surface area contributed by atoms with Gasteiger partial charge in [-0.15, -0.1) is 11.8 Å². The van der Waals surface area contributed by atoms with Crippen LogP contribution in [0.15, 0.2) is 0 Å². The number of urea groups is 1. The molecule has 6 nitrogen and oxygen atoms in total. The molecule has 1 fully saturated rings. The van der Waals surface area contributed by atoms with Crippen molar-refractivity contribution in [2.75, 3.05) is 18.1 Å². The molecular formula is C13H22N2O4S. The normalized spacial score (nSPS) is 15.4. The Balaban J connectivity index is 2.11. The van der Waals surface area contributed by atoms with E-state index >= 15 is 0 Å². The zero-order valence-corrected chi connectivity index (χ0v) is 12.6. The lowest BCUT2D eigenvalue weighted by molar-refractivity contribution is -0.139. The van der Waals surface area contributed by atoms with Crippen LogP contribution in [0.2, 0.25) is 0 Å². The Morgan fingerprint density at radius 3 is 2.50 bits per heavy atom. The number of hydrogen-bond donors (Lipinski definition) is 2. The summed E-state index contributed by atoms with van der Waals surface area (Å²) < 4.78 is 4.73. The van der Waals surface area contributed by atoms with E-state index in [1.165, 1.54) is 6.42 Å². The van der Waals surface area contributed by atoms with Crippen LogP contribution in [0.25, 0.3) is 0 Å². The Hall–Kier alpha value is -1.24. The van der Waals surface area contributed by atoms with Crippen LogP contribution >= 0.6 is 11.8 Å². The van der Waals surface area contributed by atoms with Crippen molar-refractivity contribution >= 4 is 29.7 Å². The van der Waals surface area contributed by atoms with E-state index in [1.807, 2.05) is 0 Å². The van der Waals surface area contributed by atoms with Gasteiger partial charge in [0.05, 0.1) is 18.1 Å². The van der Waals surface area contributed by atoms with Gasteiger partial charge < -0.3 is 10.1 Å². The molecule has 0 aromatic heterocycles. The minimum absolute atomic E-state index is 0.0664. The van der Waals surface area contributed by atoms with Crippen molar-refractivity contribution in [3.63, 3.8) is 0 Å². The second-order valence-electron chi connectivity index (χ2n) is 4.65. The number of amides is 3. The maximum Gasteiger partial charge on any atom is 0.321 e. The summed E-state index contributed by atoms with van der Waals surface area (Å²) in [5.41, 5.74) is 0. The summed E-state index contributed by atoms with van der Waals surface area (Å²) in [4.78, 5) is 34.1. The Morgan fingerprint density at radius 1 is 1.15 bits per heavy atom. The molecule has 0 atom stereocenters. The van der Waals surface area contributed by atoms with Gasteiger partial charge in [0.1, 0.15) is 0 Å². The van der Waals surface area contributed by atoms with Crippen LogP contribution in [-0.2, 0) is 14.3 Å². The Bertz CT molecular complexity index is 343. The van der Waals surface area contributed by atoms with Gasteiger partial charge in [-0.3, -0.25) is 14.9 Å². The van der Waals surface area contributed by atoms with Crippen molar-refractivity contribution in [1.82, 2.24) is 10.6 Å². The molecular weight excluding hydrogens is 280 g/mol. The smallest absolute Gasteiger partial charge is 0.321 e. The minimum atomic E-state index is -0.446. The molecule has 0 aromatic carbocycles. The first kappa shape index (κ1) is 16.8. The summed E-state index contributed by atoms with van der Waals surface area (Å²) in [6, 6.07) is -0.276. The summed E-state index contributed by atoms with van der Waals surface area (Å²) in [6.07, 6.45) is 5.39. The largest absolute Gasteiger partial charge is 0.465 e. The third-order valence-corrected chi connectivity index (χ3v) is 3.86. The van der Waals surface area contributed by atoms with Gasteiger partial charge in [-0.2, -0.15) is 0 Å². The Kier molecular flexibility index (Phi) is 8.10. The lowest BCUT2D eigenvalue weighted by Gasteiger charge is -2.22. The van der Waals surface area contributed by atoms with Crippen molar-refractivity contribution < 1.29 is 19.1 Å². The fourth-order valence-corrected chi connectivity index (χ4v) is 2.67. The van der Waals surface area contributed by atoms with Crippen molar-refractivity contribution in [1.29, 1.82) is 0 Å². The molecule has 0 saturated heterocycles. The maximum absolute atomic E-state index is 11.6. The van der Waals surface area contributed by atoms with E-state index in [1.54, 1.807) is 6.92 Å². The Morgan fingerprint density at radius 2 is 1.85 bits per heavy atom. The highest BCUT2D eigenvalue weighted by Crippen LogP contribution is 2.17. The van der Waals surface area contributed by atoms with E-state index in [2.05, 4.69) is 10.6 Å². The molecule has 1 aliphatic carbocycles. The van der Waals surface area contributed by atoms with Gasteiger partial charge >= 0.3 is 12.0 Å². The second kappa shape index (κ2) is 9.63. The fraction of sp³-hybridized carbons (Fsp3) is 0.769. The molecule has 1 saturated carbocycles. The molecule has 1 rings (SSSR count). The van der Waals surface area contributed by atoms with Crippen molar-refractivity contribution in [3.8, 4) is 0 Å². The third-order valence-electron chi connectivity index (χ3n) is 2.95. The molecule has 0 aliphatic heterocycles. The van der Waals surface area contributed by atoms with E-state index in [0.717, 1.165) is 37.4 Å². The standard InChI is InChI=1S/C13H22N2O4S/c1-2-19-12(17)9-20-8-11(16)15-13(18)14-10-6-4-3-5-7-10/h10H,2-9H2,1H3,(H2,14,15,16,18). The lowest BCUT2D eigenvalue weighted by Crippen LogP contribution is -2.45. The summed E-state index contributed by atoms with van der Waals surface area (Å²) >= 11 is 1.13. The van der Waals surface area contributed by atoms with Crippen LogP contribution in [0.4, 0.5) is 4.79 Å². The highest BCUT2D eigenvalue weighted by atomic mass is 32.2. The number of carbonyl (C=O) groups excluding carboxylic acids is 3. The summed E-state index contributed by atoms with van der Waals surface area (Å²) in [7, 11) is 0. The van der Waals surface area contributed by atoms with E-state index in [9.17, 15) is 14.4 Å². The zero-order chi connectivity index (χ0) is 14.8. The van der Waals surface area contributed by atoms with Gasteiger partial charge in [0.2, 0.25) is 5.91 Å². The molecule has 2 N–H and O–H groups in total. The van der Waals surface area contributed by atoms with Gasteiger partial charge in [-0.25, -0.2) is 4.79 Å². The molecule has 0 bridgehead atoms. The van der Waals surface area contributed by atoms with Gasteiger partial charge in [0.25, 0.3) is 0 Å². The van der Waals surface area contributed by atoms with Crippen LogP contribution in [-0.4, -0.2) is 42.1 Å². The fourth-order valence-electron chi connectivity index (χ4n) is 2.06. The first-order chi connectivity index (χ1) is 9.61. The molecule has 0 radical (unpaired) electrons. The number of thioether (sulfide) groups is 1. The number of esters is 1. The zero-order valence-electron chi connectivity index (χ0n) is 11.8. The molecule has 1 aliphatic rings. The van der Waals surface area contributed by atoms with Crippen LogP contribution in [0.3, 0.4) is 0 Å². The van der Waals surface area contributed by atoms with E-state index in [0.29, 0.717) is 6.61 Å². The van der Waals surface area contributed by atoms with Gasteiger partial charge in [0.15, 0.2) is 0 Å². The van der Waals surface area contributed by atoms with Crippen LogP contribution in [0, 0.1) is 0 Å². The summed E-state index contributed by atoms with van der Waals surface area (Å²) in [6.45, 7) is 2.06. The molecule has 3 amide bonds. The highest BCUT2D eigenvalue weighted by Gasteiger charge is 2.17. The van der Waals surface area contributed by atoms with Crippen LogP contribution in [0.1, 0.15) is 39.0 Å². The quantitative estimate of drug-likeness (QED) is 0.725. The maximum atomic E-state index is 11.6. The molecule has 114 valence electrons. The number of hydrogen-bond acceptors (Lipinski definition) is 5. The molecule has 0 spiro atoms. The molecule has 7 heteroatoms. The van der Waals surface area contributed by atoms with E-state index in [-0.39, 0.29) is 23.5 Å². The van der Waals surface area contributed by atoms with Gasteiger partial charge in [-0.1, -0.05) is 19.3 Å². The lowest BCUT2D eigenvalue weighted by atomic mass is 9.96. The van der Waals surface area contributed by atoms with Gasteiger partial charge in [0, 0.05) is 6.04 Å².